The van der Waals surface area contributed by atoms with Crippen molar-refractivity contribution in [1.29, 1.82) is 0 Å². The van der Waals surface area contributed by atoms with Gasteiger partial charge < -0.3 is 9.47 Å². The largest absolute Gasteiger partial charge is 0.463 e. The molecule has 0 saturated carbocycles. The van der Waals surface area contributed by atoms with Crippen molar-refractivity contribution < 1.29 is 32.0 Å². The molecule has 0 aliphatic rings. The van der Waals surface area contributed by atoms with Crippen LogP contribution in [0.5, 0.6) is 0 Å². The zero-order valence-corrected chi connectivity index (χ0v) is 19.1. The van der Waals surface area contributed by atoms with Crippen molar-refractivity contribution in [3.05, 3.63) is 0 Å². The molecule has 0 saturated heterocycles. The molecule has 0 aliphatic heterocycles. The van der Waals surface area contributed by atoms with Crippen molar-refractivity contribution in [1.82, 2.24) is 0 Å². The molecule has 1 radical (unpaired) electrons. The van der Waals surface area contributed by atoms with Crippen LogP contribution in [0.1, 0.15) is 60.8 Å². The van der Waals surface area contributed by atoms with E-state index in [1.54, 1.807) is 13.8 Å². The van der Waals surface area contributed by atoms with E-state index in [2.05, 4.69) is 0 Å². The first-order chi connectivity index (χ1) is 10.8. The molecular formula is C16H30NaO7S. The molecule has 1 N–H and O–H groups in total. The fraction of sp³-hybridized carbons (Fsp3) is 0.875. The summed E-state index contributed by atoms with van der Waals surface area (Å²) in [5.41, 5.74) is 0. The molecular weight excluding hydrogens is 359 g/mol. The second kappa shape index (κ2) is 12.3. The van der Waals surface area contributed by atoms with Crippen LogP contribution >= 0.6 is 0 Å². The first-order valence-corrected chi connectivity index (χ1v) is 9.69. The van der Waals surface area contributed by atoms with Gasteiger partial charge in [-0.15, -0.1) is 0 Å². The summed E-state index contributed by atoms with van der Waals surface area (Å²) < 4.78 is 42.2. The normalized spacial score (nSPS) is 15.2. The first-order valence-electron chi connectivity index (χ1n) is 8.19. The van der Waals surface area contributed by atoms with Gasteiger partial charge >= 0.3 is 11.9 Å². The van der Waals surface area contributed by atoms with Crippen molar-refractivity contribution in [2.45, 2.75) is 78.3 Å². The fourth-order valence-electron chi connectivity index (χ4n) is 2.43. The van der Waals surface area contributed by atoms with Crippen molar-refractivity contribution >= 4 is 51.6 Å². The van der Waals surface area contributed by atoms with Gasteiger partial charge in [-0.1, -0.05) is 27.7 Å². The van der Waals surface area contributed by atoms with Gasteiger partial charge in [-0.05, 0) is 38.5 Å². The van der Waals surface area contributed by atoms with Crippen molar-refractivity contribution in [2.75, 3.05) is 0 Å². The molecule has 0 amide bonds. The van der Waals surface area contributed by atoms with Gasteiger partial charge in [0.15, 0.2) is 5.25 Å². The number of ether oxygens (including phenoxy) is 2. The van der Waals surface area contributed by atoms with E-state index in [1.165, 1.54) is 0 Å². The van der Waals surface area contributed by atoms with Crippen molar-refractivity contribution in [3.63, 3.8) is 0 Å². The zero-order valence-electron chi connectivity index (χ0n) is 16.3. The molecule has 0 heterocycles. The summed E-state index contributed by atoms with van der Waals surface area (Å²) >= 11 is 0. The summed E-state index contributed by atoms with van der Waals surface area (Å²) in [6.07, 6.45) is -0.542. The molecule has 3 atom stereocenters. The Labute approximate surface area is 173 Å². The third-order valence-corrected chi connectivity index (χ3v) is 4.31. The van der Waals surface area contributed by atoms with E-state index >= 15 is 0 Å². The Kier molecular flexibility index (Phi) is 13.3. The van der Waals surface area contributed by atoms with Crippen LogP contribution in [0, 0.1) is 11.8 Å². The number of hydrogen-bond acceptors (Lipinski definition) is 6. The van der Waals surface area contributed by atoms with Gasteiger partial charge in [-0.25, -0.2) is 0 Å². The van der Waals surface area contributed by atoms with Gasteiger partial charge in [-0.2, -0.15) is 8.42 Å². The Bertz CT molecular complexity index is 517. The minimum absolute atomic E-state index is 0. The molecule has 0 bridgehead atoms. The molecule has 0 spiro atoms. The number of carbonyl (C=O) groups is 2. The Balaban J connectivity index is 0. The average molecular weight is 389 g/mol. The summed E-state index contributed by atoms with van der Waals surface area (Å²) in [6, 6.07) is 0. The molecule has 3 unspecified atom stereocenters. The van der Waals surface area contributed by atoms with E-state index in [9.17, 15) is 22.6 Å². The van der Waals surface area contributed by atoms with Crippen LogP contribution in [0.4, 0.5) is 0 Å². The summed E-state index contributed by atoms with van der Waals surface area (Å²) in [5.74, 6) is -1.45. The summed E-state index contributed by atoms with van der Waals surface area (Å²) in [5, 5.41) is -1.97. The molecule has 7 nitrogen and oxygen atoms in total. The van der Waals surface area contributed by atoms with Crippen LogP contribution < -0.4 is 0 Å². The summed E-state index contributed by atoms with van der Waals surface area (Å²) in [4.78, 5) is 23.9. The second-order valence-electron chi connectivity index (χ2n) is 7.01. The quantitative estimate of drug-likeness (QED) is 0.347. The van der Waals surface area contributed by atoms with E-state index in [4.69, 9.17) is 9.47 Å². The molecule has 0 fully saturated rings. The minimum Gasteiger partial charge on any atom is -0.463 e. The molecule has 0 aromatic carbocycles. The van der Waals surface area contributed by atoms with Crippen LogP contribution in [0.15, 0.2) is 0 Å². The minimum atomic E-state index is -4.77. The van der Waals surface area contributed by atoms with E-state index in [0.29, 0.717) is 18.8 Å². The fourth-order valence-corrected chi connectivity index (χ4v) is 3.08. The van der Waals surface area contributed by atoms with Gasteiger partial charge in [0.25, 0.3) is 10.1 Å². The Hall–Kier alpha value is -0.150. The van der Waals surface area contributed by atoms with E-state index in [0.717, 1.165) is 0 Å². The standard InChI is InChI=1S/C16H30O7S.Na/c1-10(2)7-12(5)22-15(17)9-14(24(19,20)21)16(18)23-13(6)8-11(3)4;/h10-14H,7-9H2,1-6H3,(H,19,20,21);. The SMILES string of the molecule is CC(C)CC(C)OC(=O)CC(C(=O)OC(C)CC(C)C)S(=O)(=O)O.[Na]. The van der Waals surface area contributed by atoms with Crippen LogP contribution in [0.3, 0.4) is 0 Å². The van der Waals surface area contributed by atoms with Crippen molar-refractivity contribution in [2.24, 2.45) is 11.8 Å². The van der Waals surface area contributed by atoms with Gasteiger partial charge in [0, 0.05) is 29.6 Å². The van der Waals surface area contributed by atoms with Crippen LogP contribution in [0.25, 0.3) is 0 Å². The van der Waals surface area contributed by atoms with Crippen LogP contribution in [-0.2, 0) is 29.2 Å². The Morgan fingerprint density at radius 1 is 0.880 bits per heavy atom. The topological polar surface area (TPSA) is 107 Å². The number of rotatable bonds is 10. The number of carbonyl (C=O) groups excluding carboxylic acids is 2. The van der Waals surface area contributed by atoms with Gasteiger partial charge in [0.2, 0.25) is 0 Å². The van der Waals surface area contributed by atoms with Crippen molar-refractivity contribution in [3.8, 4) is 0 Å². The maximum atomic E-state index is 12.0. The molecule has 0 aromatic rings. The molecule has 0 aliphatic carbocycles. The Morgan fingerprint density at radius 2 is 1.28 bits per heavy atom. The monoisotopic (exact) mass is 389 g/mol. The molecule has 0 aromatic heterocycles. The summed E-state index contributed by atoms with van der Waals surface area (Å²) in [7, 11) is -4.77. The summed E-state index contributed by atoms with van der Waals surface area (Å²) in [6.45, 7) is 11.1. The third kappa shape index (κ3) is 12.8. The number of esters is 2. The maximum absolute atomic E-state index is 12.0. The van der Waals surface area contributed by atoms with Gasteiger partial charge in [0.1, 0.15) is 0 Å². The second-order valence-corrected chi connectivity index (χ2v) is 8.61. The molecule has 25 heavy (non-hydrogen) atoms. The van der Waals surface area contributed by atoms with Gasteiger partial charge in [0.05, 0.1) is 18.6 Å². The number of hydrogen-bond donors (Lipinski definition) is 1. The average Bonchev–Trinajstić information content (AvgIpc) is 2.31. The van der Waals surface area contributed by atoms with Gasteiger partial charge in [-0.3, -0.25) is 14.1 Å². The zero-order chi connectivity index (χ0) is 19.1. The predicted molar refractivity (Wildman–Crippen MR) is 95.7 cm³/mol. The molecule has 143 valence electrons. The third-order valence-electron chi connectivity index (χ3n) is 3.23. The van der Waals surface area contributed by atoms with E-state index in [1.807, 2.05) is 27.7 Å². The van der Waals surface area contributed by atoms with E-state index < -0.39 is 45.9 Å². The van der Waals surface area contributed by atoms with Crippen LogP contribution in [0.2, 0.25) is 0 Å². The van der Waals surface area contributed by atoms with Crippen LogP contribution in [-0.4, -0.2) is 71.9 Å². The first kappa shape index (κ1) is 27.1. The van der Waals surface area contributed by atoms with E-state index in [-0.39, 0.29) is 35.5 Å². The smallest absolute Gasteiger partial charge is 0.327 e. The molecule has 9 heteroatoms. The predicted octanol–water partition coefficient (Wildman–Crippen LogP) is 2.21. The maximum Gasteiger partial charge on any atom is 0.327 e. The molecule has 0 rings (SSSR count). The Morgan fingerprint density at radius 3 is 1.64 bits per heavy atom.